The number of rotatable bonds is 15. The van der Waals surface area contributed by atoms with E-state index in [4.69, 9.17) is 17.2 Å². The van der Waals surface area contributed by atoms with Crippen LogP contribution in [0.3, 0.4) is 0 Å². The Bertz CT molecular complexity index is 918. The van der Waals surface area contributed by atoms with E-state index in [1.807, 2.05) is 0 Å². The molecule has 13 nitrogen and oxygen atoms in total. The molecule has 0 fully saturated rings. The quantitative estimate of drug-likeness (QED) is 0.0784. The van der Waals surface area contributed by atoms with Gasteiger partial charge in [0.15, 0.2) is 5.96 Å². The van der Waals surface area contributed by atoms with E-state index in [1.54, 1.807) is 26.0 Å². The normalized spacial score (nSPS) is 14.0. The van der Waals surface area contributed by atoms with Gasteiger partial charge in [0.2, 0.25) is 17.7 Å². The van der Waals surface area contributed by atoms with Gasteiger partial charge in [-0.25, -0.2) is 4.79 Å². The van der Waals surface area contributed by atoms with Gasteiger partial charge in [-0.05, 0) is 36.5 Å². The summed E-state index contributed by atoms with van der Waals surface area (Å²) in [6, 6.07) is 2.96. The van der Waals surface area contributed by atoms with Gasteiger partial charge >= 0.3 is 5.97 Å². The van der Waals surface area contributed by atoms with E-state index in [9.17, 15) is 29.4 Å². The lowest BCUT2D eigenvalue weighted by Crippen LogP contribution is -2.54. The maximum atomic E-state index is 12.9. The Balaban J connectivity index is 2.82. The van der Waals surface area contributed by atoms with Crippen molar-refractivity contribution in [1.82, 2.24) is 16.0 Å². The van der Waals surface area contributed by atoms with E-state index in [-0.39, 0.29) is 30.5 Å². The SMILES string of the molecule is CCC(C)C(NC(=O)CNC(=O)C(Cc1ccc(O)cc1)NC(=O)C(N)CCCN=C(N)N)C(=O)O. The summed E-state index contributed by atoms with van der Waals surface area (Å²) in [5.74, 6) is -3.42. The summed E-state index contributed by atoms with van der Waals surface area (Å²) < 4.78 is 0. The van der Waals surface area contributed by atoms with Crippen molar-refractivity contribution in [3.05, 3.63) is 29.8 Å². The number of nitrogens with two attached hydrogens (primary N) is 3. The zero-order valence-corrected chi connectivity index (χ0v) is 20.6. The number of benzene rings is 1. The number of guanidine groups is 1. The van der Waals surface area contributed by atoms with Gasteiger partial charge in [-0.1, -0.05) is 32.4 Å². The molecule has 0 saturated heterocycles. The van der Waals surface area contributed by atoms with Crippen LogP contribution in [-0.2, 0) is 25.6 Å². The molecule has 4 atom stereocenters. The van der Waals surface area contributed by atoms with Gasteiger partial charge in [-0.2, -0.15) is 0 Å². The molecule has 36 heavy (non-hydrogen) atoms. The number of aliphatic carboxylic acids is 1. The van der Waals surface area contributed by atoms with Crippen LogP contribution >= 0.6 is 0 Å². The number of nitrogens with one attached hydrogen (secondary N) is 3. The number of carboxylic acid groups (broad SMARTS) is 1. The van der Waals surface area contributed by atoms with Crippen molar-refractivity contribution < 1.29 is 29.4 Å². The molecule has 1 rings (SSSR count). The number of hydrogen-bond acceptors (Lipinski definition) is 7. The number of nitrogens with zero attached hydrogens (tertiary/aromatic N) is 1. The number of phenolic OH excluding ortho intramolecular Hbond substituents is 1. The number of carbonyl (C=O) groups is 4. The van der Waals surface area contributed by atoms with Crippen LogP contribution < -0.4 is 33.2 Å². The average Bonchev–Trinajstić information content (AvgIpc) is 2.83. The van der Waals surface area contributed by atoms with Gasteiger partial charge in [0.1, 0.15) is 17.8 Å². The predicted octanol–water partition coefficient (Wildman–Crippen LogP) is -1.47. The minimum absolute atomic E-state index is 0.0394. The van der Waals surface area contributed by atoms with Crippen molar-refractivity contribution in [3.8, 4) is 5.75 Å². The van der Waals surface area contributed by atoms with Crippen molar-refractivity contribution in [2.75, 3.05) is 13.1 Å². The lowest BCUT2D eigenvalue weighted by molar-refractivity contribution is -0.143. The second kappa shape index (κ2) is 15.2. The lowest BCUT2D eigenvalue weighted by atomic mass is 9.99. The number of carboxylic acids is 1. The Hall–Kier alpha value is -3.87. The van der Waals surface area contributed by atoms with Crippen LogP contribution in [0.15, 0.2) is 29.3 Å². The third-order valence-corrected chi connectivity index (χ3v) is 5.53. The third-order valence-electron chi connectivity index (χ3n) is 5.53. The van der Waals surface area contributed by atoms with Gasteiger partial charge in [-0.15, -0.1) is 0 Å². The van der Waals surface area contributed by atoms with Crippen LogP contribution in [0, 0.1) is 5.92 Å². The fourth-order valence-electron chi connectivity index (χ4n) is 3.20. The van der Waals surface area contributed by atoms with Crippen LogP contribution in [0.2, 0.25) is 0 Å². The van der Waals surface area contributed by atoms with Crippen molar-refractivity contribution in [1.29, 1.82) is 0 Å². The molecule has 0 heterocycles. The Morgan fingerprint density at radius 2 is 1.69 bits per heavy atom. The first kappa shape index (κ1) is 30.2. The Morgan fingerprint density at radius 1 is 1.06 bits per heavy atom. The highest BCUT2D eigenvalue weighted by Gasteiger charge is 2.27. The highest BCUT2D eigenvalue weighted by Crippen LogP contribution is 2.12. The van der Waals surface area contributed by atoms with Crippen LogP contribution in [0.1, 0.15) is 38.7 Å². The highest BCUT2D eigenvalue weighted by molar-refractivity contribution is 5.92. The number of aromatic hydroxyl groups is 1. The first-order chi connectivity index (χ1) is 16.9. The summed E-state index contributed by atoms with van der Waals surface area (Å²) >= 11 is 0. The Kier molecular flexibility index (Phi) is 12.7. The predicted molar refractivity (Wildman–Crippen MR) is 134 cm³/mol. The highest BCUT2D eigenvalue weighted by atomic mass is 16.4. The molecule has 1 aromatic carbocycles. The smallest absolute Gasteiger partial charge is 0.326 e. The van der Waals surface area contributed by atoms with Gasteiger partial charge < -0.3 is 43.4 Å². The number of hydrogen-bond donors (Lipinski definition) is 8. The largest absolute Gasteiger partial charge is 0.508 e. The van der Waals surface area contributed by atoms with Gasteiger partial charge in [0.25, 0.3) is 0 Å². The van der Waals surface area contributed by atoms with Crippen molar-refractivity contribution in [3.63, 3.8) is 0 Å². The Labute approximate surface area is 209 Å². The minimum Gasteiger partial charge on any atom is -0.508 e. The van der Waals surface area contributed by atoms with E-state index in [0.29, 0.717) is 24.9 Å². The van der Waals surface area contributed by atoms with Crippen molar-refractivity contribution >= 4 is 29.7 Å². The average molecular weight is 508 g/mol. The summed E-state index contributed by atoms with van der Waals surface area (Å²) in [6.45, 7) is 3.31. The fourth-order valence-corrected chi connectivity index (χ4v) is 3.20. The fraction of sp³-hybridized carbons (Fsp3) is 0.522. The molecule has 0 saturated carbocycles. The molecule has 0 aliphatic rings. The summed E-state index contributed by atoms with van der Waals surface area (Å²) in [7, 11) is 0. The number of carbonyl (C=O) groups excluding carboxylic acids is 3. The van der Waals surface area contributed by atoms with E-state index < -0.39 is 48.4 Å². The van der Waals surface area contributed by atoms with Crippen LogP contribution in [0.25, 0.3) is 0 Å². The number of amides is 3. The molecular weight excluding hydrogens is 470 g/mol. The van der Waals surface area contributed by atoms with Crippen LogP contribution in [-0.4, -0.2) is 71.1 Å². The zero-order chi connectivity index (χ0) is 27.3. The molecule has 0 spiro atoms. The lowest BCUT2D eigenvalue weighted by Gasteiger charge is -2.22. The van der Waals surface area contributed by atoms with Gasteiger partial charge in [0, 0.05) is 13.0 Å². The third kappa shape index (κ3) is 11.0. The monoisotopic (exact) mass is 507 g/mol. The van der Waals surface area contributed by atoms with Crippen LogP contribution in [0.5, 0.6) is 5.75 Å². The second-order valence-corrected chi connectivity index (χ2v) is 8.47. The maximum absolute atomic E-state index is 12.9. The molecule has 0 aliphatic carbocycles. The van der Waals surface area contributed by atoms with Crippen molar-refractivity contribution in [2.24, 2.45) is 28.1 Å². The van der Waals surface area contributed by atoms with E-state index in [0.717, 1.165) is 0 Å². The second-order valence-electron chi connectivity index (χ2n) is 8.47. The molecular formula is C23H37N7O6. The topological polar surface area (TPSA) is 235 Å². The molecule has 1 aromatic rings. The van der Waals surface area contributed by atoms with E-state index in [1.165, 1.54) is 12.1 Å². The first-order valence-electron chi connectivity index (χ1n) is 11.6. The summed E-state index contributed by atoms with van der Waals surface area (Å²) in [5, 5.41) is 26.2. The molecule has 11 N–H and O–H groups in total. The van der Waals surface area contributed by atoms with Gasteiger partial charge in [0.05, 0.1) is 12.6 Å². The summed E-state index contributed by atoms with van der Waals surface area (Å²) in [4.78, 5) is 53.0. The van der Waals surface area contributed by atoms with Gasteiger partial charge in [-0.3, -0.25) is 19.4 Å². The molecule has 0 aliphatic heterocycles. The van der Waals surface area contributed by atoms with E-state index in [2.05, 4.69) is 20.9 Å². The maximum Gasteiger partial charge on any atom is 0.326 e. The zero-order valence-electron chi connectivity index (χ0n) is 20.6. The molecule has 3 amide bonds. The molecule has 0 bridgehead atoms. The van der Waals surface area contributed by atoms with E-state index >= 15 is 0 Å². The summed E-state index contributed by atoms with van der Waals surface area (Å²) in [5.41, 5.74) is 17.1. The van der Waals surface area contributed by atoms with Crippen molar-refractivity contribution in [2.45, 2.75) is 57.7 Å². The molecule has 13 heteroatoms. The standard InChI is InChI=1S/C23H37N7O6/c1-3-13(2)19(22(35)36)30-18(32)12-28-21(34)17(11-14-6-8-15(31)9-7-14)29-20(33)16(24)5-4-10-27-23(25)26/h6-9,13,16-17,19,31H,3-5,10-12,24H2,1-2H3,(H,28,34)(H,29,33)(H,30,32)(H,35,36)(H4,25,26,27). The Morgan fingerprint density at radius 3 is 2.25 bits per heavy atom. The summed E-state index contributed by atoms with van der Waals surface area (Å²) in [6.07, 6.45) is 1.31. The minimum atomic E-state index is -1.17. The molecule has 200 valence electrons. The number of phenols is 1. The number of aliphatic imine (C=N–C) groups is 1. The molecule has 0 radical (unpaired) electrons. The molecule has 4 unspecified atom stereocenters. The van der Waals surface area contributed by atoms with Crippen LogP contribution in [0.4, 0.5) is 0 Å². The first-order valence-corrected chi connectivity index (χ1v) is 11.6. The molecule has 0 aromatic heterocycles.